The first-order valence-electron chi connectivity index (χ1n) is 6.67. The van der Waals surface area contributed by atoms with E-state index in [2.05, 4.69) is 21.2 Å². The SMILES string of the molecule is CCc1cc([N+](=O)[O-])c(NCC(O)C(O)C(O)CO)cc1Br. The van der Waals surface area contributed by atoms with Gasteiger partial charge in [-0.3, -0.25) is 10.1 Å². The Morgan fingerprint density at radius 3 is 2.45 bits per heavy atom. The number of anilines is 1. The Bertz CT molecular complexity index is 527. The summed E-state index contributed by atoms with van der Waals surface area (Å²) in [5, 5.41) is 51.0. The second-order valence-electron chi connectivity index (χ2n) is 4.76. The molecule has 0 radical (unpaired) electrons. The minimum Gasteiger partial charge on any atom is -0.394 e. The summed E-state index contributed by atoms with van der Waals surface area (Å²) in [6, 6.07) is 2.95. The first-order chi connectivity index (χ1) is 10.3. The van der Waals surface area contributed by atoms with E-state index in [9.17, 15) is 25.4 Å². The van der Waals surface area contributed by atoms with Crippen LogP contribution in [-0.4, -0.2) is 56.8 Å². The summed E-state index contributed by atoms with van der Waals surface area (Å²) in [6.07, 6.45) is -3.83. The van der Waals surface area contributed by atoms with Crippen LogP contribution in [0.1, 0.15) is 12.5 Å². The first kappa shape index (κ1) is 18.8. The maximum absolute atomic E-state index is 11.1. The fourth-order valence-corrected chi connectivity index (χ4v) is 2.49. The van der Waals surface area contributed by atoms with Crippen molar-refractivity contribution in [2.24, 2.45) is 0 Å². The van der Waals surface area contributed by atoms with Crippen molar-refractivity contribution in [2.45, 2.75) is 31.7 Å². The normalized spacial score (nSPS) is 15.2. The zero-order valence-electron chi connectivity index (χ0n) is 11.9. The molecule has 1 aromatic rings. The van der Waals surface area contributed by atoms with Crippen molar-refractivity contribution in [3.05, 3.63) is 32.3 Å². The molecule has 0 saturated heterocycles. The molecule has 0 amide bonds. The van der Waals surface area contributed by atoms with Gasteiger partial charge in [-0.15, -0.1) is 0 Å². The number of aliphatic hydroxyl groups is 4. The minimum atomic E-state index is -1.56. The Morgan fingerprint density at radius 1 is 1.32 bits per heavy atom. The molecule has 0 aromatic heterocycles. The number of halogens is 1. The molecule has 124 valence electrons. The Balaban J connectivity index is 2.89. The van der Waals surface area contributed by atoms with Gasteiger partial charge in [0.1, 0.15) is 17.9 Å². The highest BCUT2D eigenvalue weighted by molar-refractivity contribution is 9.10. The van der Waals surface area contributed by atoms with Crippen LogP contribution in [0, 0.1) is 10.1 Å². The largest absolute Gasteiger partial charge is 0.394 e. The van der Waals surface area contributed by atoms with Crippen molar-refractivity contribution in [1.29, 1.82) is 0 Å². The van der Waals surface area contributed by atoms with Crippen molar-refractivity contribution in [1.82, 2.24) is 0 Å². The molecular formula is C13H19BrN2O6. The van der Waals surface area contributed by atoms with Crippen molar-refractivity contribution >= 4 is 27.3 Å². The third kappa shape index (κ3) is 4.62. The van der Waals surface area contributed by atoms with E-state index in [0.717, 1.165) is 5.56 Å². The van der Waals surface area contributed by atoms with Crippen LogP contribution in [0.3, 0.4) is 0 Å². The highest BCUT2D eigenvalue weighted by Crippen LogP contribution is 2.31. The molecule has 0 saturated carbocycles. The molecule has 5 N–H and O–H groups in total. The van der Waals surface area contributed by atoms with Crippen LogP contribution in [0.5, 0.6) is 0 Å². The number of nitrogens with zero attached hydrogens (tertiary/aromatic N) is 1. The lowest BCUT2D eigenvalue weighted by molar-refractivity contribution is -0.384. The van der Waals surface area contributed by atoms with Crippen LogP contribution >= 0.6 is 15.9 Å². The fourth-order valence-electron chi connectivity index (χ4n) is 1.87. The van der Waals surface area contributed by atoms with Gasteiger partial charge < -0.3 is 25.7 Å². The molecule has 0 aliphatic rings. The quantitative estimate of drug-likeness (QED) is 0.326. The molecule has 0 heterocycles. The summed E-state index contributed by atoms with van der Waals surface area (Å²) >= 11 is 3.31. The van der Waals surface area contributed by atoms with E-state index < -0.39 is 29.8 Å². The number of benzene rings is 1. The van der Waals surface area contributed by atoms with Crippen LogP contribution in [0.15, 0.2) is 16.6 Å². The fraction of sp³-hybridized carbons (Fsp3) is 0.538. The van der Waals surface area contributed by atoms with Crippen LogP contribution in [0.2, 0.25) is 0 Å². The van der Waals surface area contributed by atoms with Gasteiger partial charge >= 0.3 is 0 Å². The molecule has 0 bridgehead atoms. The standard InChI is InChI=1S/C13H19BrN2O6/c1-2-7-3-10(16(21)22)9(4-8(7)14)15-5-11(18)13(20)12(19)6-17/h3-4,11-13,15,17-20H,2,5-6H2,1H3. The summed E-state index contributed by atoms with van der Waals surface area (Å²) in [5.41, 5.74) is 0.803. The zero-order valence-corrected chi connectivity index (χ0v) is 13.5. The summed E-state index contributed by atoms with van der Waals surface area (Å²) in [4.78, 5) is 10.6. The highest BCUT2D eigenvalue weighted by Gasteiger charge is 2.25. The number of nitro benzene ring substituents is 1. The average Bonchev–Trinajstić information content (AvgIpc) is 2.50. The Hall–Kier alpha value is -1.26. The second-order valence-corrected chi connectivity index (χ2v) is 5.61. The van der Waals surface area contributed by atoms with Gasteiger partial charge in [0.25, 0.3) is 5.69 Å². The molecule has 0 aliphatic carbocycles. The lowest BCUT2D eigenvalue weighted by atomic mass is 10.1. The van der Waals surface area contributed by atoms with Crippen molar-refractivity contribution in [2.75, 3.05) is 18.5 Å². The number of hydrogen-bond donors (Lipinski definition) is 5. The summed E-state index contributed by atoms with van der Waals surface area (Å²) < 4.78 is 0.688. The van der Waals surface area contributed by atoms with Gasteiger partial charge in [-0.1, -0.05) is 22.9 Å². The predicted molar refractivity (Wildman–Crippen MR) is 83.8 cm³/mol. The molecule has 1 aromatic carbocycles. The number of rotatable bonds is 8. The van der Waals surface area contributed by atoms with E-state index in [4.69, 9.17) is 5.11 Å². The van der Waals surface area contributed by atoms with E-state index >= 15 is 0 Å². The number of hydrogen-bond acceptors (Lipinski definition) is 7. The van der Waals surface area contributed by atoms with Gasteiger partial charge in [0.05, 0.1) is 17.6 Å². The number of nitro groups is 1. The van der Waals surface area contributed by atoms with Crippen LogP contribution < -0.4 is 5.32 Å². The lowest BCUT2D eigenvalue weighted by Gasteiger charge is -2.22. The predicted octanol–water partition coefficient (Wildman–Crippen LogP) is 0.407. The van der Waals surface area contributed by atoms with Crippen LogP contribution in [0.25, 0.3) is 0 Å². The van der Waals surface area contributed by atoms with Gasteiger partial charge in [-0.2, -0.15) is 0 Å². The Morgan fingerprint density at radius 2 is 1.95 bits per heavy atom. The number of aryl methyl sites for hydroxylation is 1. The Labute approximate surface area is 135 Å². The first-order valence-corrected chi connectivity index (χ1v) is 7.46. The van der Waals surface area contributed by atoms with Gasteiger partial charge in [-0.05, 0) is 18.1 Å². The molecule has 22 heavy (non-hydrogen) atoms. The summed E-state index contributed by atoms with van der Waals surface area (Å²) in [5.74, 6) is 0. The van der Waals surface area contributed by atoms with Crippen LogP contribution in [0.4, 0.5) is 11.4 Å². The van der Waals surface area contributed by atoms with E-state index in [0.29, 0.717) is 10.9 Å². The third-order valence-corrected chi connectivity index (χ3v) is 3.96. The van der Waals surface area contributed by atoms with E-state index in [1.54, 1.807) is 0 Å². The number of aliphatic hydroxyl groups excluding tert-OH is 4. The summed E-state index contributed by atoms with van der Waals surface area (Å²) in [6.45, 7) is 0.944. The van der Waals surface area contributed by atoms with Gasteiger partial charge in [0, 0.05) is 17.1 Å². The van der Waals surface area contributed by atoms with E-state index in [-0.39, 0.29) is 17.9 Å². The summed E-state index contributed by atoms with van der Waals surface area (Å²) in [7, 11) is 0. The molecule has 0 fully saturated rings. The molecular weight excluding hydrogens is 360 g/mol. The molecule has 0 aliphatic heterocycles. The smallest absolute Gasteiger partial charge is 0.292 e. The molecule has 3 unspecified atom stereocenters. The van der Waals surface area contributed by atoms with E-state index in [1.165, 1.54) is 12.1 Å². The molecule has 9 heteroatoms. The van der Waals surface area contributed by atoms with Crippen molar-refractivity contribution in [3.63, 3.8) is 0 Å². The van der Waals surface area contributed by atoms with Gasteiger partial charge in [0.15, 0.2) is 0 Å². The lowest BCUT2D eigenvalue weighted by Crippen LogP contribution is -2.42. The van der Waals surface area contributed by atoms with Gasteiger partial charge in [-0.25, -0.2) is 0 Å². The zero-order chi connectivity index (χ0) is 16.9. The Kier molecular flexibility index (Phi) is 7.17. The molecule has 1 rings (SSSR count). The van der Waals surface area contributed by atoms with Crippen LogP contribution in [-0.2, 0) is 6.42 Å². The van der Waals surface area contributed by atoms with Crippen molar-refractivity contribution in [3.8, 4) is 0 Å². The topological polar surface area (TPSA) is 136 Å². The third-order valence-electron chi connectivity index (χ3n) is 3.22. The molecule has 0 spiro atoms. The van der Waals surface area contributed by atoms with Gasteiger partial charge in [0.2, 0.25) is 0 Å². The monoisotopic (exact) mass is 378 g/mol. The van der Waals surface area contributed by atoms with Crippen molar-refractivity contribution < 1.29 is 25.3 Å². The second kappa shape index (κ2) is 8.39. The average molecular weight is 379 g/mol. The maximum Gasteiger partial charge on any atom is 0.292 e. The minimum absolute atomic E-state index is 0.149. The van der Waals surface area contributed by atoms with E-state index in [1.807, 2.05) is 6.92 Å². The highest BCUT2D eigenvalue weighted by atomic mass is 79.9. The molecule has 3 atom stereocenters. The number of nitrogens with one attached hydrogen (secondary N) is 1. The maximum atomic E-state index is 11.1. The molecule has 8 nitrogen and oxygen atoms in total.